The van der Waals surface area contributed by atoms with Crippen molar-refractivity contribution in [3.05, 3.63) is 54.0 Å². The number of hydrogen-bond donors (Lipinski definition) is 2. The average Bonchev–Trinajstić information content (AvgIpc) is 3.38. The van der Waals surface area contributed by atoms with Crippen LogP contribution in [0.3, 0.4) is 0 Å². The molecular formula is C20H24N2O5. The molecule has 1 aromatic carbocycles. The molecule has 1 fully saturated rings. The highest BCUT2D eigenvalue weighted by Crippen LogP contribution is 2.13. The standard InChI is InChI=1S/C20H24N2O5/c23-19(21-9-4-10-25-14-17-7-2-11-26-17)15-5-1-6-16(13-15)22-20(24)18-8-3-12-27-18/h1,3,5-6,8,12-13,17H,2,4,7,9-11,14H2,(H,21,23)(H,22,24). The van der Waals surface area contributed by atoms with Gasteiger partial charge in [0.25, 0.3) is 11.8 Å². The van der Waals surface area contributed by atoms with Gasteiger partial charge in [-0.15, -0.1) is 0 Å². The highest BCUT2D eigenvalue weighted by atomic mass is 16.5. The summed E-state index contributed by atoms with van der Waals surface area (Å²) in [6.07, 6.45) is 4.55. The van der Waals surface area contributed by atoms with Crippen LogP contribution >= 0.6 is 0 Å². The Kier molecular flexibility index (Phi) is 7.01. The van der Waals surface area contributed by atoms with E-state index in [1.54, 1.807) is 36.4 Å². The van der Waals surface area contributed by atoms with Crippen LogP contribution in [-0.4, -0.2) is 44.3 Å². The summed E-state index contributed by atoms with van der Waals surface area (Å²) >= 11 is 0. The van der Waals surface area contributed by atoms with Gasteiger partial charge in [0.2, 0.25) is 0 Å². The Bertz CT molecular complexity index is 739. The van der Waals surface area contributed by atoms with Crippen LogP contribution in [0.5, 0.6) is 0 Å². The Balaban J connectivity index is 1.38. The smallest absolute Gasteiger partial charge is 0.291 e. The zero-order valence-corrected chi connectivity index (χ0v) is 15.1. The van der Waals surface area contributed by atoms with Crippen LogP contribution in [0.15, 0.2) is 47.1 Å². The molecule has 7 nitrogen and oxygen atoms in total. The van der Waals surface area contributed by atoms with Crippen LogP contribution in [0.25, 0.3) is 0 Å². The van der Waals surface area contributed by atoms with E-state index in [0.717, 1.165) is 25.9 Å². The summed E-state index contributed by atoms with van der Waals surface area (Å²) in [6, 6.07) is 9.99. The number of hydrogen-bond acceptors (Lipinski definition) is 5. The first kappa shape index (κ1) is 19.1. The fourth-order valence-electron chi connectivity index (χ4n) is 2.81. The van der Waals surface area contributed by atoms with Crippen molar-refractivity contribution in [2.75, 3.05) is 31.7 Å². The maximum absolute atomic E-state index is 12.3. The Labute approximate surface area is 158 Å². The molecule has 144 valence electrons. The van der Waals surface area contributed by atoms with E-state index in [4.69, 9.17) is 13.9 Å². The maximum Gasteiger partial charge on any atom is 0.291 e. The van der Waals surface area contributed by atoms with Crippen LogP contribution in [-0.2, 0) is 9.47 Å². The van der Waals surface area contributed by atoms with E-state index in [9.17, 15) is 9.59 Å². The second-order valence-electron chi connectivity index (χ2n) is 6.33. The molecule has 7 heteroatoms. The van der Waals surface area contributed by atoms with Crippen LogP contribution in [0.1, 0.15) is 40.2 Å². The number of nitrogens with one attached hydrogen (secondary N) is 2. The lowest BCUT2D eigenvalue weighted by molar-refractivity contribution is 0.0166. The molecule has 1 atom stereocenters. The van der Waals surface area contributed by atoms with E-state index >= 15 is 0 Å². The van der Waals surface area contributed by atoms with E-state index in [0.29, 0.717) is 31.0 Å². The van der Waals surface area contributed by atoms with Gasteiger partial charge < -0.3 is 24.5 Å². The molecule has 0 spiro atoms. The average molecular weight is 372 g/mol. The van der Waals surface area contributed by atoms with Crippen LogP contribution in [0, 0.1) is 0 Å². The second kappa shape index (κ2) is 9.89. The largest absolute Gasteiger partial charge is 0.459 e. The number of amides is 2. The van der Waals surface area contributed by atoms with E-state index in [2.05, 4.69) is 10.6 Å². The molecule has 1 saturated heterocycles. The van der Waals surface area contributed by atoms with Gasteiger partial charge in [-0.05, 0) is 49.6 Å². The number of rotatable bonds is 9. The lowest BCUT2D eigenvalue weighted by Crippen LogP contribution is -2.26. The Morgan fingerprint density at radius 3 is 2.89 bits per heavy atom. The molecule has 1 aromatic heterocycles. The molecule has 2 heterocycles. The van der Waals surface area contributed by atoms with Crippen molar-refractivity contribution in [1.29, 1.82) is 0 Å². The lowest BCUT2D eigenvalue weighted by Gasteiger charge is -2.10. The number of carbonyl (C=O) groups excluding carboxylic acids is 2. The number of furan rings is 1. The SMILES string of the molecule is O=C(NCCCOCC1CCCO1)c1cccc(NC(=O)c2ccco2)c1. The minimum Gasteiger partial charge on any atom is -0.459 e. The highest BCUT2D eigenvalue weighted by molar-refractivity contribution is 6.03. The van der Waals surface area contributed by atoms with Gasteiger partial charge in [-0.25, -0.2) is 0 Å². The summed E-state index contributed by atoms with van der Waals surface area (Å²) in [5, 5.41) is 5.56. The molecule has 1 aliphatic heterocycles. The van der Waals surface area contributed by atoms with Crippen molar-refractivity contribution >= 4 is 17.5 Å². The molecule has 0 radical (unpaired) electrons. The minimum absolute atomic E-state index is 0.191. The van der Waals surface area contributed by atoms with E-state index < -0.39 is 0 Å². The summed E-state index contributed by atoms with van der Waals surface area (Å²) in [5.74, 6) is -0.336. The number of ether oxygens (including phenoxy) is 2. The van der Waals surface area contributed by atoms with E-state index in [1.807, 2.05) is 0 Å². The summed E-state index contributed by atoms with van der Waals surface area (Å²) < 4.78 is 16.1. The first-order valence-electron chi connectivity index (χ1n) is 9.15. The third-order valence-electron chi connectivity index (χ3n) is 4.21. The third-order valence-corrected chi connectivity index (χ3v) is 4.21. The quantitative estimate of drug-likeness (QED) is 0.661. The van der Waals surface area contributed by atoms with Gasteiger partial charge in [-0.1, -0.05) is 6.07 Å². The summed E-state index contributed by atoms with van der Waals surface area (Å²) in [7, 11) is 0. The second-order valence-corrected chi connectivity index (χ2v) is 6.33. The topological polar surface area (TPSA) is 89.8 Å². The minimum atomic E-state index is -0.360. The van der Waals surface area contributed by atoms with Crippen molar-refractivity contribution < 1.29 is 23.5 Å². The zero-order chi connectivity index (χ0) is 18.9. The molecule has 27 heavy (non-hydrogen) atoms. The molecule has 0 aliphatic carbocycles. The fraction of sp³-hybridized carbons (Fsp3) is 0.400. The lowest BCUT2D eigenvalue weighted by atomic mass is 10.2. The molecule has 2 aromatic rings. The third kappa shape index (κ3) is 5.94. The molecule has 2 N–H and O–H groups in total. The molecule has 1 aliphatic rings. The predicted octanol–water partition coefficient (Wildman–Crippen LogP) is 2.85. The molecule has 2 amide bonds. The summed E-state index contributed by atoms with van der Waals surface area (Å²) in [6.45, 7) is 2.54. The highest BCUT2D eigenvalue weighted by Gasteiger charge is 2.15. The molecular weight excluding hydrogens is 348 g/mol. The number of anilines is 1. The van der Waals surface area contributed by atoms with Crippen LogP contribution in [0.2, 0.25) is 0 Å². The summed E-state index contributed by atoms with van der Waals surface area (Å²) in [5.41, 5.74) is 1.01. The monoisotopic (exact) mass is 372 g/mol. The van der Waals surface area contributed by atoms with Gasteiger partial charge in [0, 0.05) is 31.0 Å². The Hall–Kier alpha value is -2.64. The van der Waals surface area contributed by atoms with Gasteiger partial charge in [-0.2, -0.15) is 0 Å². The van der Waals surface area contributed by atoms with Crippen molar-refractivity contribution in [2.45, 2.75) is 25.4 Å². The van der Waals surface area contributed by atoms with E-state index in [-0.39, 0.29) is 23.7 Å². The Morgan fingerprint density at radius 2 is 2.11 bits per heavy atom. The van der Waals surface area contributed by atoms with Gasteiger partial charge in [0.05, 0.1) is 19.0 Å². The van der Waals surface area contributed by atoms with Crippen molar-refractivity contribution in [3.8, 4) is 0 Å². The zero-order valence-electron chi connectivity index (χ0n) is 15.1. The van der Waals surface area contributed by atoms with Gasteiger partial charge in [0.1, 0.15) is 0 Å². The number of carbonyl (C=O) groups is 2. The fourth-order valence-corrected chi connectivity index (χ4v) is 2.81. The molecule has 0 saturated carbocycles. The first-order chi connectivity index (χ1) is 13.2. The Morgan fingerprint density at radius 1 is 1.19 bits per heavy atom. The van der Waals surface area contributed by atoms with Gasteiger partial charge in [-0.3, -0.25) is 9.59 Å². The summed E-state index contributed by atoms with van der Waals surface area (Å²) in [4.78, 5) is 24.2. The first-order valence-corrected chi connectivity index (χ1v) is 9.15. The van der Waals surface area contributed by atoms with Gasteiger partial charge >= 0.3 is 0 Å². The predicted molar refractivity (Wildman–Crippen MR) is 99.8 cm³/mol. The normalized spacial score (nSPS) is 16.2. The molecule has 1 unspecified atom stereocenters. The number of benzene rings is 1. The van der Waals surface area contributed by atoms with Crippen LogP contribution in [0.4, 0.5) is 5.69 Å². The van der Waals surface area contributed by atoms with Gasteiger partial charge in [0.15, 0.2) is 5.76 Å². The molecule has 3 rings (SSSR count). The van der Waals surface area contributed by atoms with Crippen LogP contribution < -0.4 is 10.6 Å². The molecule has 0 bridgehead atoms. The maximum atomic E-state index is 12.3. The van der Waals surface area contributed by atoms with Crippen molar-refractivity contribution in [3.63, 3.8) is 0 Å². The van der Waals surface area contributed by atoms with Crippen molar-refractivity contribution in [2.24, 2.45) is 0 Å². The van der Waals surface area contributed by atoms with E-state index in [1.165, 1.54) is 6.26 Å². The van der Waals surface area contributed by atoms with Crippen molar-refractivity contribution in [1.82, 2.24) is 5.32 Å².